The van der Waals surface area contributed by atoms with Crippen molar-refractivity contribution in [3.05, 3.63) is 48.7 Å². The number of ether oxygens (including phenoxy) is 1. The number of H-pyrrole nitrogens is 1. The number of carbonyl (C=O) groups excluding carboxylic acids is 1. The Morgan fingerprint density at radius 3 is 2.90 bits per heavy atom. The van der Waals surface area contributed by atoms with Crippen molar-refractivity contribution in [3.63, 3.8) is 0 Å². The highest BCUT2D eigenvalue weighted by Gasteiger charge is 2.22. The molecule has 1 atom stereocenters. The van der Waals surface area contributed by atoms with Gasteiger partial charge in [-0.2, -0.15) is 0 Å². The summed E-state index contributed by atoms with van der Waals surface area (Å²) in [5, 5.41) is 12.5. The maximum absolute atomic E-state index is 11.5. The molecule has 2 rings (SSSR count). The van der Waals surface area contributed by atoms with Gasteiger partial charge >= 0.3 is 12.1 Å². The van der Waals surface area contributed by atoms with Crippen molar-refractivity contribution in [3.8, 4) is 0 Å². The fraction of sp³-hybridized carbons (Fsp3) is 0.200. The Bertz CT molecular complexity index is 662. The van der Waals surface area contributed by atoms with Gasteiger partial charge in [-0.15, -0.1) is 0 Å². The fourth-order valence-electron chi connectivity index (χ4n) is 2.04. The summed E-state index contributed by atoms with van der Waals surface area (Å²) in [5.41, 5.74) is 1.74. The molecular weight excluding hydrogens is 272 g/mol. The van der Waals surface area contributed by atoms with E-state index in [0.717, 1.165) is 16.5 Å². The molecule has 6 nitrogen and oxygen atoms in total. The second kappa shape index (κ2) is 6.60. The lowest BCUT2D eigenvalue weighted by Gasteiger charge is -2.13. The van der Waals surface area contributed by atoms with E-state index in [1.807, 2.05) is 24.3 Å². The third kappa shape index (κ3) is 3.62. The number of carboxylic acids is 1. The number of fused-ring (bicyclic) bond motifs is 1. The predicted molar refractivity (Wildman–Crippen MR) is 78.1 cm³/mol. The zero-order valence-electron chi connectivity index (χ0n) is 11.3. The van der Waals surface area contributed by atoms with Gasteiger partial charge in [0.05, 0.1) is 0 Å². The summed E-state index contributed by atoms with van der Waals surface area (Å²) in [6.45, 7) is 3.45. The van der Waals surface area contributed by atoms with E-state index in [2.05, 4.69) is 16.9 Å². The molecule has 0 aliphatic carbocycles. The standard InChI is InChI=1S/C15H16N2O4/c1-2-7-21-15(20)17-13(14(18)19)8-10-9-16-12-6-4-3-5-11(10)12/h2-6,9,13,16H,1,7-8H2,(H,17,20)(H,18,19)/t13-/m0/s1. The second-order valence-electron chi connectivity index (χ2n) is 4.49. The molecule has 0 bridgehead atoms. The number of aromatic amines is 1. The number of nitrogens with one attached hydrogen (secondary N) is 2. The molecule has 0 saturated heterocycles. The summed E-state index contributed by atoms with van der Waals surface area (Å²) in [6.07, 6.45) is 2.55. The number of aliphatic carboxylic acids is 1. The molecule has 0 aliphatic heterocycles. The molecule has 0 radical (unpaired) electrons. The number of alkyl carbamates (subject to hydrolysis) is 1. The summed E-state index contributed by atoms with van der Waals surface area (Å²) in [4.78, 5) is 25.8. The molecule has 110 valence electrons. The first-order valence-corrected chi connectivity index (χ1v) is 6.44. The minimum Gasteiger partial charge on any atom is -0.480 e. The number of amides is 1. The van der Waals surface area contributed by atoms with Crippen LogP contribution in [0.15, 0.2) is 43.1 Å². The van der Waals surface area contributed by atoms with E-state index >= 15 is 0 Å². The molecule has 0 fully saturated rings. The first-order valence-electron chi connectivity index (χ1n) is 6.44. The van der Waals surface area contributed by atoms with Crippen molar-refractivity contribution in [2.45, 2.75) is 12.5 Å². The lowest BCUT2D eigenvalue weighted by molar-refractivity contribution is -0.139. The summed E-state index contributed by atoms with van der Waals surface area (Å²) >= 11 is 0. The summed E-state index contributed by atoms with van der Waals surface area (Å²) < 4.78 is 4.74. The topological polar surface area (TPSA) is 91.4 Å². The molecule has 2 aromatic rings. The Kier molecular flexibility index (Phi) is 4.61. The molecular formula is C15H16N2O4. The van der Waals surface area contributed by atoms with Crippen molar-refractivity contribution < 1.29 is 19.4 Å². The fourth-order valence-corrected chi connectivity index (χ4v) is 2.04. The lowest BCUT2D eigenvalue weighted by atomic mass is 10.1. The molecule has 0 spiro atoms. The van der Waals surface area contributed by atoms with Crippen LogP contribution in [0.2, 0.25) is 0 Å². The Hall–Kier alpha value is -2.76. The lowest BCUT2D eigenvalue weighted by Crippen LogP contribution is -2.42. The molecule has 1 amide bonds. The first kappa shape index (κ1) is 14.6. The zero-order valence-corrected chi connectivity index (χ0v) is 11.3. The van der Waals surface area contributed by atoms with Crippen molar-refractivity contribution in [2.24, 2.45) is 0 Å². The number of aromatic nitrogens is 1. The van der Waals surface area contributed by atoms with Gasteiger partial charge in [0, 0.05) is 23.5 Å². The summed E-state index contributed by atoms with van der Waals surface area (Å²) in [6, 6.07) is 6.52. The van der Waals surface area contributed by atoms with Crippen LogP contribution in [0.4, 0.5) is 4.79 Å². The molecule has 1 heterocycles. The average Bonchev–Trinajstić information content (AvgIpc) is 2.87. The molecule has 1 aromatic heterocycles. The van der Waals surface area contributed by atoms with Crippen LogP contribution in [0, 0.1) is 0 Å². The van der Waals surface area contributed by atoms with Gasteiger partial charge in [-0.3, -0.25) is 0 Å². The molecule has 0 unspecified atom stereocenters. The van der Waals surface area contributed by atoms with Crippen LogP contribution in [-0.4, -0.2) is 34.8 Å². The second-order valence-corrected chi connectivity index (χ2v) is 4.49. The monoisotopic (exact) mass is 288 g/mol. The van der Waals surface area contributed by atoms with Gasteiger partial charge in [-0.05, 0) is 11.6 Å². The minimum absolute atomic E-state index is 0.0330. The van der Waals surface area contributed by atoms with Crippen molar-refractivity contribution >= 4 is 23.0 Å². The average molecular weight is 288 g/mol. The minimum atomic E-state index is -1.11. The number of para-hydroxylation sites is 1. The van der Waals surface area contributed by atoms with Crippen LogP contribution in [0.3, 0.4) is 0 Å². The van der Waals surface area contributed by atoms with Crippen LogP contribution < -0.4 is 5.32 Å². The van der Waals surface area contributed by atoms with Crippen LogP contribution in [-0.2, 0) is 16.0 Å². The van der Waals surface area contributed by atoms with Crippen LogP contribution >= 0.6 is 0 Å². The number of hydrogen-bond donors (Lipinski definition) is 3. The van der Waals surface area contributed by atoms with Gasteiger partial charge in [0.15, 0.2) is 0 Å². The van der Waals surface area contributed by atoms with Gasteiger partial charge in [-0.25, -0.2) is 9.59 Å². The maximum Gasteiger partial charge on any atom is 0.408 e. The van der Waals surface area contributed by atoms with Gasteiger partial charge in [0.2, 0.25) is 0 Å². The normalized spacial score (nSPS) is 11.8. The maximum atomic E-state index is 11.5. The van der Waals surface area contributed by atoms with E-state index in [1.54, 1.807) is 6.20 Å². The van der Waals surface area contributed by atoms with E-state index in [0.29, 0.717) is 0 Å². The SMILES string of the molecule is C=CCOC(=O)N[C@@H](Cc1c[nH]c2ccccc12)C(=O)O. The Morgan fingerprint density at radius 2 is 2.19 bits per heavy atom. The molecule has 1 aromatic carbocycles. The van der Waals surface area contributed by atoms with Crippen molar-refractivity contribution in [1.29, 1.82) is 0 Å². The Morgan fingerprint density at radius 1 is 1.43 bits per heavy atom. The van der Waals surface area contributed by atoms with Crippen molar-refractivity contribution in [1.82, 2.24) is 10.3 Å². The van der Waals surface area contributed by atoms with Crippen LogP contribution in [0.5, 0.6) is 0 Å². The number of rotatable bonds is 6. The number of carboxylic acid groups (broad SMARTS) is 1. The quantitative estimate of drug-likeness (QED) is 0.710. The number of carbonyl (C=O) groups is 2. The molecule has 21 heavy (non-hydrogen) atoms. The number of hydrogen-bond acceptors (Lipinski definition) is 3. The van der Waals surface area contributed by atoms with E-state index in [9.17, 15) is 14.7 Å². The smallest absolute Gasteiger partial charge is 0.408 e. The van der Waals surface area contributed by atoms with Gasteiger partial charge in [0.25, 0.3) is 0 Å². The first-order chi connectivity index (χ1) is 10.1. The summed E-state index contributed by atoms with van der Waals surface area (Å²) in [5.74, 6) is -1.11. The van der Waals surface area contributed by atoms with E-state index in [1.165, 1.54) is 6.08 Å². The highest BCUT2D eigenvalue weighted by Crippen LogP contribution is 2.19. The van der Waals surface area contributed by atoms with Crippen LogP contribution in [0.25, 0.3) is 10.9 Å². The third-order valence-electron chi connectivity index (χ3n) is 3.02. The van der Waals surface area contributed by atoms with E-state index < -0.39 is 18.1 Å². The van der Waals surface area contributed by atoms with Gasteiger partial charge in [-0.1, -0.05) is 30.9 Å². The zero-order chi connectivity index (χ0) is 15.2. The predicted octanol–water partition coefficient (Wildman–Crippen LogP) is 2.08. The number of benzene rings is 1. The van der Waals surface area contributed by atoms with Gasteiger partial charge < -0.3 is 20.1 Å². The highest BCUT2D eigenvalue weighted by atomic mass is 16.5. The van der Waals surface area contributed by atoms with E-state index in [4.69, 9.17) is 4.74 Å². The van der Waals surface area contributed by atoms with E-state index in [-0.39, 0.29) is 13.0 Å². The van der Waals surface area contributed by atoms with Crippen molar-refractivity contribution in [2.75, 3.05) is 6.61 Å². The molecule has 0 saturated carbocycles. The Balaban J connectivity index is 2.11. The van der Waals surface area contributed by atoms with Crippen LogP contribution in [0.1, 0.15) is 5.56 Å². The molecule has 6 heteroatoms. The molecule has 0 aliphatic rings. The largest absolute Gasteiger partial charge is 0.480 e. The third-order valence-corrected chi connectivity index (χ3v) is 3.02. The van der Waals surface area contributed by atoms with Gasteiger partial charge in [0.1, 0.15) is 12.6 Å². The Labute approximate surface area is 121 Å². The highest BCUT2D eigenvalue weighted by molar-refractivity contribution is 5.85. The summed E-state index contributed by atoms with van der Waals surface area (Å²) in [7, 11) is 0. The molecule has 3 N–H and O–H groups in total.